The Bertz CT molecular complexity index is 1170. The van der Waals surface area contributed by atoms with E-state index in [9.17, 15) is 4.79 Å². The molecule has 7 nitrogen and oxygen atoms in total. The van der Waals surface area contributed by atoms with E-state index < -0.39 is 0 Å². The first kappa shape index (κ1) is 17.6. The molecule has 2 heterocycles. The number of amides is 1. The van der Waals surface area contributed by atoms with Crippen LogP contribution in [-0.2, 0) is 0 Å². The molecular weight excluding hydrogens is 351 g/mol. The average Bonchev–Trinajstić information content (AvgIpc) is 3.32. The molecule has 0 fully saturated rings. The first-order chi connectivity index (χ1) is 13.5. The van der Waals surface area contributed by atoms with Crippen molar-refractivity contribution in [3.63, 3.8) is 0 Å². The number of anilines is 1. The maximum Gasteiger partial charge on any atom is 0.272 e. The number of nitrogens with one attached hydrogen (secondary N) is 2. The van der Waals surface area contributed by atoms with Crippen molar-refractivity contribution in [3.8, 4) is 0 Å². The van der Waals surface area contributed by atoms with Gasteiger partial charge in [0.15, 0.2) is 7.28 Å². The van der Waals surface area contributed by atoms with Crippen LogP contribution in [-0.4, -0.2) is 29.8 Å². The molecule has 0 saturated carbocycles. The summed E-state index contributed by atoms with van der Waals surface area (Å²) in [5.74, 6) is 1.68. The summed E-state index contributed by atoms with van der Waals surface area (Å²) >= 11 is 0. The van der Waals surface area contributed by atoms with Crippen molar-refractivity contribution in [1.82, 2.24) is 4.98 Å². The van der Waals surface area contributed by atoms with Crippen molar-refractivity contribution in [1.29, 1.82) is 0 Å². The second-order valence-electron chi connectivity index (χ2n) is 6.48. The summed E-state index contributed by atoms with van der Waals surface area (Å²) in [6, 6.07) is 13.4. The zero-order chi connectivity index (χ0) is 19.7. The Balaban J connectivity index is 1.60. The molecule has 1 aromatic heterocycles. The van der Waals surface area contributed by atoms with Gasteiger partial charge in [-0.25, -0.2) is 0 Å². The van der Waals surface area contributed by atoms with Crippen molar-refractivity contribution in [2.45, 2.75) is 6.92 Å². The molecular formula is C20H18BN6O. The number of fused-ring (bicyclic) bond motifs is 2. The number of benzene rings is 2. The summed E-state index contributed by atoms with van der Waals surface area (Å²) in [6.07, 6.45) is 1.99. The topological polar surface area (TPSA) is 122 Å². The van der Waals surface area contributed by atoms with Gasteiger partial charge in [0.1, 0.15) is 5.69 Å². The Morgan fingerprint density at radius 3 is 2.82 bits per heavy atom. The predicted octanol–water partition coefficient (Wildman–Crippen LogP) is 1.73. The van der Waals surface area contributed by atoms with Crippen LogP contribution in [0.5, 0.6) is 0 Å². The molecule has 2 aromatic carbocycles. The standard InChI is InChI=1S/C20H18BN6O/c1-11(26-27-20(22)23)12-5-6-16-13(9-12)10-18(24-16)19(28)25-17-4-2-3-15-14(17)7-8-21-15/h2-10,24H,1H3,(H,25,28)(H4,22,23,27)/b26-11+. The van der Waals surface area contributed by atoms with E-state index >= 15 is 0 Å². The maximum absolute atomic E-state index is 12.7. The molecule has 0 saturated heterocycles. The van der Waals surface area contributed by atoms with Gasteiger partial charge in [-0.2, -0.15) is 5.10 Å². The fourth-order valence-corrected chi connectivity index (χ4v) is 3.13. The van der Waals surface area contributed by atoms with Crippen molar-refractivity contribution in [2.75, 3.05) is 5.32 Å². The van der Waals surface area contributed by atoms with Gasteiger partial charge in [-0.1, -0.05) is 29.7 Å². The largest absolute Gasteiger partial charge is 0.369 e. The number of rotatable bonds is 4. The number of guanidine groups is 1. The third-order valence-electron chi connectivity index (χ3n) is 4.53. The van der Waals surface area contributed by atoms with Gasteiger partial charge in [0.2, 0.25) is 5.96 Å². The fraction of sp³-hybridized carbons (Fsp3) is 0.0500. The molecule has 1 amide bonds. The van der Waals surface area contributed by atoms with E-state index in [2.05, 4.69) is 20.5 Å². The van der Waals surface area contributed by atoms with Gasteiger partial charge >= 0.3 is 0 Å². The smallest absolute Gasteiger partial charge is 0.272 e. The number of aromatic nitrogens is 1. The van der Waals surface area contributed by atoms with Crippen LogP contribution < -0.4 is 22.2 Å². The van der Waals surface area contributed by atoms with E-state index in [-0.39, 0.29) is 11.9 Å². The summed E-state index contributed by atoms with van der Waals surface area (Å²) in [4.78, 5) is 15.9. The van der Waals surface area contributed by atoms with Crippen LogP contribution in [0.25, 0.3) is 17.0 Å². The zero-order valence-electron chi connectivity index (χ0n) is 15.2. The molecule has 1 radical (unpaired) electrons. The van der Waals surface area contributed by atoms with Crippen LogP contribution in [0.1, 0.15) is 28.5 Å². The number of carbonyl (C=O) groups is 1. The van der Waals surface area contributed by atoms with Crippen LogP contribution in [0, 0.1) is 0 Å². The Labute approximate surface area is 162 Å². The lowest BCUT2D eigenvalue weighted by atomic mass is 9.73. The van der Waals surface area contributed by atoms with Crippen LogP contribution in [0.4, 0.5) is 5.69 Å². The van der Waals surface area contributed by atoms with E-state index in [1.807, 2.05) is 68.7 Å². The number of aromatic amines is 1. The van der Waals surface area contributed by atoms with Gasteiger partial charge in [-0.3, -0.25) is 4.79 Å². The lowest BCUT2D eigenvalue weighted by Gasteiger charge is -2.09. The summed E-state index contributed by atoms with van der Waals surface area (Å²) < 4.78 is 0. The minimum Gasteiger partial charge on any atom is -0.369 e. The molecule has 1 aliphatic heterocycles. The van der Waals surface area contributed by atoms with Crippen molar-refractivity contribution in [3.05, 3.63) is 65.3 Å². The van der Waals surface area contributed by atoms with Crippen molar-refractivity contribution in [2.24, 2.45) is 21.7 Å². The SMILES string of the molecule is C/C(=N\N=C(N)N)c1ccc2[nH]c(C(=O)Nc3cccc4c3C=C[B]4)cc2c1. The van der Waals surface area contributed by atoms with Gasteiger partial charge < -0.3 is 21.8 Å². The fourth-order valence-electron chi connectivity index (χ4n) is 3.13. The number of hydrogen-bond acceptors (Lipinski definition) is 3. The second-order valence-corrected chi connectivity index (χ2v) is 6.48. The Hall–Kier alpha value is -3.81. The van der Waals surface area contributed by atoms with Gasteiger partial charge in [0.25, 0.3) is 5.91 Å². The van der Waals surface area contributed by atoms with E-state index in [0.29, 0.717) is 11.4 Å². The zero-order valence-corrected chi connectivity index (χ0v) is 15.2. The number of nitrogens with zero attached hydrogens (tertiary/aromatic N) is 2. The minimum absolute atomic E-state index is 0.0964. The van der Waals surface area contributed by atoms with Crippen molar-refractivity contribution >= 4 is 53.0 Å². The van der Waals surface area contributed by atoms with Crippen LogP contribution in [0.15, 0.2) is 58.6 Å². The molecule has 28 heavy (non-hydrogen) atoms. The normalized spacial score (nSPS) is 12.5. The van der Waals surface area contributed by atoms with Gasteiger partial charge in [0.05, 0.1) is 5.71 Å². The van der Waals surface area contributed by atoms with Crippen LogP contribution >= 0.6 is 0 Å². The lowest BCUT2D eigenvalue weighted by Crippen LogP contribution is -2.22. The molecule has 3 aromatic rings. The molecule has 0 aliphatic carbocycles. The Morgan fingerprint density at radius 1 is 1.14 bits per heavy atom. The third-order valence-corrected chi connectivity index (χ3v) is 4.53. The number of hydrogen-bond donors (Lipinski definition) is 4. The third kappa shape index (κ3) is 3.39. The molecule has 137 valence electrons. The quantitative estimate of drug-likeness (QED) is 0.242. The molecule has 4 rings (SSSR count). The minimum atomic E-state index is -0.197. The summed E-state index contributed by atoms with van der Waals surface area (Å²) in [6.45, 7) is 1.81. The highest BCUT2D eigenvalue weighted by Crippen LogP contribution is 2.21. The second kappa shape index (κ2) is 7.07. The summed E-state index contributed by atoms with van der Waals surface area (Å²) in [7, 11) is 2.02. The summed E-state index contributed by atoms with van der Waals surface area (Å²) in [5.41, 5.74) is 16.4. The first-order valence-corrected chi connectivity index (χ1v) is 8.73. The highest BCUT2D eigenvalue weighted by Gasteiger charge is 2.15. The average molecular weight is 369 g/mol. The van der Waals surface area contributed by atoms with Gasteiger partial charge in [0, 0.05) is 16.6 Å². The van der Waals surface area contributed by atoms with Gasteiger partial charge in [-0.15, -0.1) is 11.1 Å². The Morgan fingerprint density at radius 2 is 2.00 bits per heavy atom. The molecule has 0 unspecified atom stereocenters. The molecule has 0 bridgehead atoms. The molecule has 0 spiro atoms. The highest BCUT2D eigenvalue weighted by atomic mass is 16.1. The van der Waals surface area contributed by atoms with E-state index in [1.165, 1.54) is 0 Å². The maximum atomic E-state index is 12.7. The van der Waals surface area contributed by atoms with E-state index in [1.54, 1.807) is 0 Å². The molecule has 6 N–H and O–H groups in total. The van der Waals surface area contributed by atoms with Crippen LogP contribution in [0.3, 0.4) is 0 Å². The molecule has 0 atom stereocenters. The van der Waals surface area contributed by atoms with Crippen LogP contribution in [0.2, 0.25) is 0 Å². The summed E-state index contributed by atoms with van der Waals surface area (Å²) in [5, 5.41) is 11.5. The van der Waals surface area contributed by atoms with E-state index in [0.717, 1.165) is 33.2 Å². The molecule has 1 aliphatic rings. The van der Waals surface area contributed by atoms with E-state index in [4.69, 9.17) is 11.5 Å². The van der Waals surface area contributed by atoms with Crippen molar-refractivity contribution < 1.29 is 4.79 Å². The Kier molecular flexibility index (Phi) is 4.45. The first-order valence-electron chi connectivity index (χ1n) is 8.73. The molecule has 8 heteroatoms. The monoisotopic (exact) mass is 369 g/mol. The highest BCUT2D eigenvalue weighted by molar-refractivity contribution is 6.63. The van der Waals surface area contributed by atoms with Gasteiger partial charge in [-0.05, 0) is 42.3 Å². The predicted molar refractivity (Wildman–Crippen MR) is 115 cm³/mol. The number of nitrogens with two attached hydrogens (primary N) is 2. The lowest BCUT2D eigenvalue weighted by molar-refractivity contribution is 0.102. The number of H-pyrrole nitrogens is 1. The number of carbonyl (C=O) groups excluding carboxylic acids is 1.